The van der Waals surface area contributed by atoms with Crippen LogP contribution in [0.25, 0.3) is 0 Å². The van der Waals surface area contributed by atoms with Gasteiger partial charge < -0.3 is 24.8 Å². The number of carboxylic acid groups (broad SMARTS) is 2. The van der Waals surface area contributed by atoms with Crippen LogP contribution in [0.3, 0.4) is 0 Å². The SMILES string of the molecule is CCCCCCCCCOC(=O)CC(CC(=O)O)(Oc1ccc(O)cc1)C(=O)O. The molecule has 1 aromatic rings. The quantitative estimate of drug-likeness (QED) is 0.294. The summed E-state index contributed by atoms with van der Waals surface area (Å²) in [4.78, 5) is 35.2. The van der Waals surface area contributed by atoms with Crippen LogP contribution in [0, 0.1) is 0 Å². The third-order valence-electron chi connectivity index (χ3n) is 4.42. The molecule has 0 aliphatic carbocycles. The molecule has 0 radical (unpaired) electrons. The number of hydrogen-bond donors (Lipinski definition) is 3. The zero-order valence-electron chi connectivity index (χ0n) is 16.8. The lowest BCUT2D eigenvalue weighted by Gasteiger charge is -2.28. The number of ether oxygens (including phenoxy) is 2. The number of phenolic OH excluding ortho intramolecular Hbond substituents is 1. The number of aromatic hydroxyl groups is 1. The van der Waals surface area contributed by atoms with Crippen LogP contribution < -0.4 is 4.74 Å². The van der Waals surface area contributed by atoms with Crippen LogP contribution in [-0.2, 0) is 19.1 Å². The maximum absolute atomic E-state index is 12.2. The van der Waals surface area contributed by atoms with Crippen molar-refractivity contribution in [2.24, 2.45) is 0 Å². The third kappa shape index (κ3) is 9.32. The van der Waals surface area contributed by atoms with E-state index in [1.54, 1.807) is 0 Å². The Morgan fingerprint density at radius 1 is 0.897 bits per heavy atom. The standard InChI is InChI=1S/C21H30O8/c1-2-3-4-5-6-7-8-13-28-19(25)15-21(20(26)27,14-18(23)24)29-17-11-9-16(22)10-12-17/h9-12,22H,2-8,13-15H2,1H3,(H,23,24)(H,26,27). The van der Waals surface area contributed by atoms with Crippen molar-refractivity contribution >= 4 is 17.9 Å². The van der Waals surface area contributed by atoms with E-state index >= 15 is 0 Å². The van der Waals surface area contributed by atoms with Crippen LogP contribution in [0.5, 0.6) is 11.5 Å². The highest BCUT2D eigenvalue weighted by Crippen LogP contribution is 2.27. The van der Waals surface area contributed by atoms with Crippen LogP contribution in [0.4, 0.5) is 0 Å². The molecule has 3 N–H and O–H groups in total. The van der Waals surface area contributed by atoms with Crippen LogP contribution in [0.15, 0.2) is 24.3 Å². The molecule has 1 unspecified atom stereocenters. The number of carboxylic acids is 2. The second-order valence-electron chi connectivity index (χ2n) is 6.98. The highest BCUT2D eigenvalue weighted by molar-refractivity contribution is 5.89. The van der Waals surface area contributed by atoms with Crippen molar-refractivity contribution in [3.63, 3.8) is 0 Å². The molecule has 0 amide bonds. The molecule has 0 spiro atoms. The molecule has 162 valence electrons. The van der Waals surface area contributed by atoms with Crippen molar-refractivity contribution in [1.29, 1.82) is 0 Å². The first-order valence-corrected chi connectivity index (χ1v) is 9.88. The fraction of sp³-hybridized carbons (Fsp3) is 0.571. The molecule has 8 nitrogen and oxygen atoms in total. The Morgan fingerprint density at radius 2 is 1.48 bits per heavy atom. The van der Waals surface area contributed by atoms with Crippen molar-refractivity contribution in [2.45, 2.75) is 70.3 Å². The first kappa shape index (κ1) is 24.3. The lowest BCUT2D eigenvalue weighted by Crippen LogP contribution is -2.48. The Kier molecular flexibility index (Phi) is 10.6. The van der Waals surface area contributed by atoms with E-state index in [1.165, 1.54) is 43.5 Å². The lowest BCUT2D eigenvalue weighted by molar-refractivity contribution is -0.169. The zero-order chi connectivity index (χ0) is 21.7. The maximum atomic E-state index is 12.2. The molecule has 1 atom stereocenters. The summed E-state index contributed by atoms with van der Waals surface area (Å²) in [5, 5.41) is 28.1. The number of hydrogen-bond acceptors (Lipinski definition) is 6. The van der Waals surface area contributed by atoms with E-state index in [4.69, 9.17) is 14.6 Å². The predicted molar refractivity (Wildman–Crippen MR) is 105 cm³/mol. The minimum Gasteiger partial charge on any atom is -0.508 e. The van der Waals surface area contributed by atoms with Gasteiger partial charge in [-0.2, -0.15) is 0 Å². The molecule has 0 aliphatic rings. The molecule has 0 bridgehead atoms. The number of aliphatic carboxylic acids is 2. The van der Waals surface area contributed by atoms with Gasteiger partial charge in [-0.1, -0.05) is 45.4 Å². The molecule has 29 heavy (non-hydrogen) atoms. The third-order valence-corrected chi connectivity index (χ3v) is 4.42. The summed E-state index contributed by atoms with van der Waals surface area (Å²) in [6, 6.07) is 5.11. The molecule has 1 rings (SSSR count). The number of rotatable bonds is 15. The number of carbonyl (C=O) groups excluding carboxylic acids is 1. The lowest BCUT2D eigenvalue weighted by atomic mass is 9.95. The maximum Gasteiger partial charge on any atom is 0.349 e. The number of unbranched alkanes of at least 4 members (excludes halogenated alkanes) is 6. The van der Waals surface area contributed by atoms with Crippen LogP contribution in [-0.4, -0.2) is 45.4 Å². The van der Waals surface area contributed by atoms with Crippen LogP contribution in [0.1, 0.15) is 64.7 Å². The number of esters is 1. The zero-order valence-corrected chi connectivity index (χ0v) is 16.8. The van der Waals surface area contributed by atoms with Gasteiger partial charge in [0.1, 0.15) is 11.5 Å². The molecular weight excluding hydrogens is 380 g/mol. The van der Waals surface area contributed by atoms with Gasteiger partial charge in [0.15, 0.2) is 0 Å². The molecule has 8 heteroatoms. The second kappa shape index (κ2) is 12.6. The highest BCUT2D eigenvalue weighted by Gasteiger charge is 2.46. The van der Waals surface area contributed by atoms with Crippen LogP contribution >= 0.6 is 0 Å². The molecule has 0 fully saturated rings. The smallest absolute Gasteiger partial charge is 0.349 e. The average molecular weight is 410 g/mol. The highest BCUT2D eigenvalue weighted by atomic mass is 16.6. The fourth-order valence-corrected chi connectivity index (χ4v) is 2.84. The Labute approximate surface area is 170 Å². The normalized spacial score (nSPS) is 12.7. The summed E-state index contributed by atoms with van der Waals surface area (Å²) >= 11 is 0. The number of phenols is 1. The van der Waals surface area contributed by atoms with Gasteiger partial charge in [0.25, 0.3) is 0 Å². The van der Waals surface area contributed by atoms with E-state index in [-0.39, 0.29) is 18.1 Å². The molecule has 0 saturated carbocycles. The summed E-state index contributed by atoms with van der Waals surface area (Å²) in [6.07, 6.45) is 5.63. The van der Waals surface area contributed by atoms with Gasteiger partial charge >= 0.3 is 17.9 Å². The molecule has 1 aromatic carbocycles. The first-order valence-electron chi connectivity index (χ1n) is 9.88. The Morgan fingerprint density at radius 3 is 2.03 bits per heavy atom. The summed E-state index contributed by atoms with van der Waals surface area (Å²) in [6.45, 7) is 2.29. The fourth-order valence-electron chi connectivity index (χ4n) is 2.84. The topological polar surface area (TPSA) is 130 Å². The average Bonchev–Trinajstić information content (AvgIpc) is 2.65. The van der Waals surface area contributed by atoms with Crippen molar-refractivity contribution in [3.05, 3.63) is 24.3 Å². The van der Waals surface area contributed by atoms with Crippen LogP contribution in [0.2, 0.25) is 0 Å². The summed E-state index contributed by atoms with van der Waals surface area (Å²) in [5.41, 5.74) is -2.31. The van der Waals surface area contributed by atoms with E-state index in [9.17, 15) is 24.6 Å². The minimum absolute atomic E-state index is 0.0197. The minimum atomic E-state index is -2.31. The second-order valence-corrected chi connectivity index (χ2v) is 6.98. The van der Waals surface area contributed by atoms with Gasteiger partial charge in [-0.15, -0.1) is 0 Å². The Hall–Kier alpha value is -2.77. The van der Waals surface area contributed by atoms with Crippen molar-refractivity contribution in [3.8, 4) is 11.5 Å². The summed E-state index contributed by atoms with van der Waals surface area (Å²) in [7, 11) is 0. The summed E-state index contributed by atoms with van der Waals surface area (Å²) in [5.74, 6) is -3.89. The monoisotopic (exact) mass is 410 g/mol. The summed E-state index contributed by atoms with van der Waals surface area (Å²) < 4.78 is 10.5. The Bertz CT molecular complexity index is 655. The number of carbonyl (C=O) groups is 3. The van der Waals surface area contributed by atoms with E-state index in [1.807, 2.05) is 0 Å². The van der Waals surface area contributed by atoms with Gasteiger partial charge in [0, 0.05) is 0 Å². The van der Waals surface area contributed by atoms with Gasteiger partial charge in [-0.25, -0.2) is 4.79 Å². The van der Waals surface area contributed by atoms with E-state index in [0.29, 0.717) is 6.42 Å². The predicted octanol–water partition coefficient (Wildman–Crippen LogP) is 3.75. The molecule has 0 heterocycles. The van der Waals surface area contributed by atoms with Gasteiger partial charge in [-0.3, -0.25) is 9.59 Å². The molecule has 0 aliphatic heterocycles. The van der Waals surface area contributed by atoms with Gasteiger partial charge in [-0.05, 0) is 30.7 Å². The largest absolute Gasteiger partial charge is 0.508 e. The molecular formula is C21H30O8. The molecule has 0 saturated heterocycles. The first-order chi connectivity index (χ1) is 13.8. The van der Waals surface area contributed by atoms with Gasteiger partial charge in [0.05, 0.1) is 19.4 Å². The van der Waals surface area contributed by atoms with Crippen molar-refractivity contribution in [2.75, 3.05) is 6.61 Å². The van der Waals surface area contributed by atoms with E-state index < -0.39 is 36.4 Å². The van der Waals surface area contributed by atoms with Crippen molar-refractivity contribution < 1.29 is 39.2 Å². The van der Waals surface area contributed by atoms with Crippen molar-refractivity contribution in [1.82, 2.24) is 0 Å². The van der Waals surface area contributed by atoms with Gasteiger partial charge in [0.2, 0.25) is 5.60 Å². The van der Waals surface area contributed by atoms with E-state index in [0.717, 1.165) is 19.3 Å². The number of benzene rings is 1. The van der Waals surface area contributed by atoms with E-state index in [2.05, 4.69) is 6.92 Å². The molecule has 0 aromatic heterocycles. The Balaban J connectivity index is 2.64.